The lowest BCUT2D eigenvalue weighted by Crippen LogP contribution is -2.21. The van der Waals surface area contributed by atoms with Crippen molar-refractivity contribution in [3.05, 3.63) is 30.0 Å². The van der Waals surface area contributed by atoms with E-state index in [9.17, 15) is 13.2 Å². The smallest absolute Gasteiger partial charge is 0.383 e. The average molecular weight is 339 g/mol. The van der Waals surface area contributed by atoms with E-state index in [4.69, 9.17) is 11.1 Å². The van der Waals surface area contributed by atoms with Crippen LogP contribution in [-0.4, -0.2) is 29.1 Å². The lowest BCUT2D eigenvalue weighted by molar-refractivity contribution is -0.141. The second kappa shape index (κ2) is 6.94. The minimum atomic E-state index is -4.62. The standard InChI is InChI=1S/C16H20F3N5/c1-3-23(4-2)12-7-5-11(6-8-12)13-14(16(17,18)19)22-24(10-9-20)15(13)21/h5-9,20H,3-4,10,21H2,1-2H3. The van der Waals surface area contributed by atoms with E-state index in [1.165, 1.54) is 0 Å². The van der Waals surface area contributed by atoms with Crippen LogP contribution in [0.25, 0.3) is 11.1 Å². The summed E-state index contributed by atoms with van der Waals surface area (Å²) < 4.78 is 40.9. The molecule has 1 aromatic heterocycles. The second-order valence-corrected chi connectivity index (χ2v) is 5.21. The molecule has 130 valence electrons. The third kappa shape index (κ3) is 3.37. The van der Waals surface area contributed by atoms with Crippen LogP contribution in [-0.2, 0) is 12.7 Å². The van der Waals surface area contributed by atoms with Crippen LogP contribution in [0.1, 0.15) is 19.5 Å². The van der Waals surface area contributed by atoms with Crippen molar-refractivity contribution in [1.82, 2.24) is 9.78 Å². The van der Waals surface area contributed by atoms with Crippen molar-refractivity contribution in [2.45, 2.75) is 26.6 Å². The summed E-state index contributed by atoms with van der Waals surface area (Å²) in [5.41, 5.74) is 5.97. The number of hydrogen-bond acceptors (Lipinski definition) is 4. The Balaban J connectivity index is 2.53. The Hall–Kier alpha value is -2.51. The van der Waals surface area contributed by atoms with Gasteiger partial charge in [-0.1, -0.05) is 12.1 Å². The van der Waals surface area contributed by atoms with Gasteiger partial charge in [-0.3, -0.25) is 0 Å². The fourth-order valence-electron chi connectivity index (χ4n) is 2.61. The molecule has 24 heavy (non-hydrogen) atoms. The van der Waals surface area contributed by atoms with Gasteiger partial charge < -0.3 is 16.0 Å². The maximum Gasteiger partial charge on any atom is 0.435 e. The molecule has 0 aliphatic carbocycles. The molecule has 8 heteroatoms. The summed E-state index contributed by atoms with van der Waals surface area (Å²) in [6.45, 7) is 5.54. The predicted molar refractivity (Wildman–Crippen MR) is 89.4 cm³/mol. The van der Waals surface area contributed by atoms with Gasteiger partial charge in [0.25, 0.3) is 0 Å². The van der Waals surface area contributed by atoms with Gasteiger partial charge in [0.15, 0.2) is 5.69 Å². The van der Waals surface area contributed by atoms with Crippen molar-refractivity contribution in [3.63, 3.8) is 0 Å². The van der Waals surface area contributed by atoms with E-state index in [1.807, 2.05) is 13.8 Å². The highest BCUT2D eigenvalue weighted by molar-refractivity contribution is 5.78. The zero-order valence-electron chi connectivity index (χ0n) is 13.6. The number of benzene rings is 1. The predicted octanol–water partition coefficient (Wildman–Crippen LogP) is 3.65. The number of hydrogen-bond donors (Lipinski definition) is 2. The Morgan fingerprint density at radius 3 is 2.25 bits per heavy atom. The van der Waals surface area contributed by atoms with Gasteiger partial charge >= 0.3 is 6.18 Å². The first-order chi connectivity index (χ1) is 11.3. The molecule has 0 unspecified atom stereocenters. The largest absolute Gasteiger partial charge is 0.435 e. The van der Waals surface area contributed by atoms with Crippen LogP contribution in [0.4, 0.5) is 24.7 Å². The molecule has 0 aliphatic heterocycles. The fraction of sp³-hybridized carbons (Fsp3) is 0.375. The van der Waals surface area contributed by atoms with Gasteiger partial charge in [-0.05, 0) is 31.5 Å². The van der Waals surface area contributed by atoms with Crippen molar-refractivity contribution < 1.29 is 13.2 Å². The maximum absolute atomic E-state index is 13.3. The monoisotopic (exact) mass is 339 g/mol. The summed E-state index contributed by atoms with van der Waals surface area (Å²) in [5, 5.41) is 10.6. The molecule has 0 spiro atoms. The van der Waals surface area contributed by atoms with Crippen LogP contribution in [0.3, 0.4) is 0 Å². The number of halogens is 3. The summed E-state index contributed by atoms with van der Waals surface area (Å²) in [5.74, 6) is -0.0959. The van der Waals surface area contributed by atoms with E-state index in [0.717, 1.165) is 29.7 Å². The lowest BCUT2D eigenvalue weighted by atomic mass is 10.0. The minimum Gasteiger partial charge on any atom is -0.383 e. The fourth-order valence-corrected chi connectivity index (χ4v) is 2.61. The van der Waals surface area contributed by atoms with Crippen molar-refractivity contribution in [1.29, 1.82) is 5.41 Å². The van der Waals surface area contributed by atoms with E-state index in [2.05, 4.69) is 10.00 Å². The van der Waals surface area contributed by atoms with Gasteiger partial charge in [-0.15, -0.1) is 0 Å². The van der Waals surface area contributed by atoms with Crippen molar-refractivity contribution in [2.75, 3.05) is 23.7 Å². The highest BCUT2D eigenvalue weighted by Crippen LogP contribution is 2.40. The molecule has 1 heterocycles. The van der Waals surface area contributed by atoms with E-state index >= 15 is 0 Å². The first-order valence-corrected chi connectivity index (χ1v) is 7.61. The molecule has 0 atom stereocenters. The number of anilines is 2. The van der Waals surface area contributed by atoms with Crippen LogP contribution < -0.4 is 10.6 Å². The molecule has 1 aromatic carbocycles. The second-order valence-electron chi connectivity index (χ2n) is 5.21. The number of nitrogens with two attached hydrogens (primary N) is 1. The summed E-state index contributed by atoms with van der Waals surface area (Å²) in [7, 11) is 0. The highest BCUT2D eigenvalue weighted by Gasteiger charge is 2.39. The van der Waals surface area contributed by atoms with Crippen LogP contribution in [0.2, 0.25) is 0 Å². The van der Waals surface area contributed by atoms with Gasteiger partial charge in [0, 0.05) is 25.0 Å². The topological polar surface area (TPSA) is 70.9 Å². The van der Waals surface area contributed by atoms with E-state index < -0.39 is 11.9 Å². The van der Waals surface area contributed by atoms with Crippen LogP contribution in [0.5, 0.6) is 0 Å². The van der Waals surface area contributed by atoms with Crippen LogP contribution in [0.15, 0.2) is 24.3 Å². The van der Waals surface area contributed by atoms with Gasteiger partial charge in [0.05, 0.1) is 12.1 Å². The summed E-state index contributed by atoms with van der Waals surface area (Å²) in [4.78, 5) is 2.09. The Kier molecular flexibility index (Phi) is 5.16. The van der Waals surface area contributed by atoms with Gasteiger partial charge in [0.2, 0.25) is 0 Å². The number of nitrogen functional groups attached to an aromatic ring is 1. The molecular weight excluding hydrogens is 319 g/mol. The number of nitrogens with zero attached hydrogens (tertiary/aromatic N) is 3. The molecule has 0 fully saturated rings. The minimum absolute atomic E-state index is 0.0959. The van der Waals surface area contributed by atoms with Gasteiger partial charge in [0.1, 0.15) is 5.82 Å². The average Bonchev–Trinajstić information content (AvgIpc) is 2.87. The van der Waals surface area contributed by atoms with Crippen molar-refractivity contribution >= 4 is 17.7 Å². The SMILES string of the molecule is CCN(CC)c1ccc(-c2c(C(F)(F)F)nn(CC=N)c2N)cc1. The Labute approximate surface area is 138 Å². The molecule has 0 saturated carbocycles. The maximum atomic E-state index is 13.3. The van der Waals surface area contributed by atoms with Crippen molar-refractivity contribution in [3.8, 4) is 11.1 Å². The molecule has 0 saturated heterocycles. The molecule has 2 rings (SSSR count). The van der Waals surface area contributed by atoms with Crippen LogP contribution in [0, 0.1) is 5.41 Å². The third-order valence-corrected chi connectivity index (χ3v) is 3.81. The molecule has 0 amide bonds. The highest BCUT2D eigenvalue weighted by atomic mass is 19.4. The number of alkyl halides is 3. The zero-order chi connectivity index (χ0) is 17.9. The Bertz CT molecular complexity index is 700. The lowest BCUT2D eigenvalue weighted by Gasteiger charge is -2.21. The van der Waals surface area contributed by atoms with E-state index in [0.29, 0.717) is 5.56 Å². The summed E-state index contributed by atoms with van der Waals surface area (Å²) >= 11 is 0. The molecule has 0 aliphatic rings. The molecule has 5 nitrogen and oxygen atoms in total. The zero-order valence-corrected chi connectivity index (χ0v) is 13.6. The number of aromatic nitrogens is 2. The van der Waals surface area contributed by atoms with E-state index in [1.54, 1.807) is 24.3 Å². The Morgan fingerprint density at radius 2 is 1.79 bits per heavy atom. The molecule has 0 bridgehead atoms. The molecular formula is C16H20F3N5. The third-order valence-electron chi connectivity index (χ3n) is 3.81. The van der Waals surface area contributed by atoms with Crippen molar-refractivity contribution in [2.24, 2.45) is 0 Å². The first-order valence-electron chi connectivity index (χ1n) is 7.61. The van der Waals surface area contributed by atoms with Crippen LogP contribution >= 0.6 is 0 Å². The summed E-state index contributed by atoms with van der Waals surface area (Å²) in [6, 6.07) is 6.78. The first kappa shape index (κ1) is 17.8. The van der Waals surface area contributed by atoms with Gasteiger partial charge in [-0.2, -0.15) is 18.3 Å². The quantitative estimate of drug-likeness (QED) is 0.789. The molecule has 2 aromatic rings. The number of rotatable bonds is 6. The normalized spacial score (nSPS) is 11.5. The molecule has 0 radical (unpaired) electrons. The molecule has 3 N–H and O–H groups in total. The number of nitrogens with one attached hydrogen (secondary N) is 1. The van der Waals surface area contributed by atoms with E-state index in [-0.39, 0.29) is 17.9 Å². The Morgan fingerprint density at radius 1 is 1.21 bits per heavy atom. The summed E-state index contributed by atoms with van der Waals surface area (Å²) in [6.07, 6.45) is -3.66. The van der Waals surface area contributed by atoms with Gasteiger partial charge in [-0.25, -0.2) is 4.68 Å².